The zero-order chi connectivity index (χ0) is 18.8. The fourth-order valence-corrected chi connectivity index (χ4v) is 2.54. The number of hydrogen-bond acceptors (Lipinski definition) is 4. The molecule has 0 radical (unpaired) electrons. The molecule has 140 valence electrons. The normalized spacial score (nSPS) is 11.3. The van der Waals surface area contributed by atoms with Gasteiger partial charge in [-0.05, 0) is 41.7 Å². The summed E-state index contributed by atoms with van der Waals surface area (Å²) in [6.07, 6.45) is 1.61. The van der Waals surface area contributed by atoms with Crippen molar-refractivity contribution < 1.29 is 14.6 Å². The van der Waals surface area contributed by atoms with Gasteiger partial charge < -0.3 is 25.6 Å². The fraction of sp³-hybridized carbons (Fsp3) is 0.350. The van der Waals surface area contributed by atoms with Crippen LogP contribution in [0, 0.1) is 0 Å². The molecule has 2 aromatic carbocycles. The second kappa shape index (κ2) is 10.3. The zero-order valence-corrected chi connectivity index (χ0v) is 15.4. The van der Waals surface area contributed by atoms with E-state index < -0.39 is 0 Å². The lowest BCUT2D eigenvalue weighted by molar-refractivity contribution is 0.282. The van der Waals surface area contributed by atoms with Gasteiger partial charge in [0.2, 0.25) is 0 Å². The first-order valence-corrected chi connectivity index (χ1v) is 8.59. The predicted molar refractivity (Wildman–Crippen MR) is 104 cm³/mol. The minimum Gasteiger partial charge on any atom is -0.493 e. The van der Waals surface area contributed by atoms with Crippen LogP contribution in [0.1, 0.15) is 16.7 Å². The highest BCUT2D eigenvalue weighted by molar-refractivity contribution is 5.77. The van der Waals surface area contributed by atoms with Gasteiger partial charge in [0.15, 0.2) is 17.5 Å². The fourth-order valence-electron chi connectivity index (χ4n) is 2.54. The lowest BCUT2D eigenvalue weighted by Gasteiger charge is -2.10. The van der Waals surface area contributed by atoms with Gasteiger partial charge in [0, 0.05) is 13.1 Å². The molecule has 0 spiro atoms. The third-order valence-electron chi connectivity index (χ3n) is 4.06. The van der Waals surface area contributed by atoms with Gasteiger partial charge in [0.05, 0.1) is 20.8 Å². The van der Waals surface area contributed by atoms with E-state index in [1.807, 2.05) is 42.5 Å². The van der Waals surface area contributed by atoms with Gasteiger partial charge in [-0.25, -0.2) is 0 Å². The Morgan fingerprint density at radius 2 is 1.62 bits per heavy atom. The van der Waals surface area contributed by atoms with Crippen LogP contribution in [-0.4, -0.2) is 38.4 Å². The first-order valence-electron chi connectivity index (χ1n) is 8.59. The molecule has 0 saturated carbocycles. The van der Waals surface area contributed by atoms with E-state index in [0.29, 0.717) is 19.0 Å². The molecule has 6 heteroatoms. The number of rotatable bonds is 9. The molecule has 0 aliphatic carbocycles. The van der Waals surface area contributed by atoms with Gasteiger partial charge in [-0.3, -0.25) is 4.99 Å². The zero-order valence-electron chi connectivity index (χ0n) is 15.4. The molecule has 0 amide bonds. The number of aliphatic hydroxyl groups excluding tert-OH is 1. The summed E-state index contributed by atoms with van der Waals surface area (Å²) in [6, 6.07) is 13.7. The van der Waals surface area contributed by atoms with Crippen molar-refractivity contribution in [3.8, 4) is 11.5 Å². The van der Waals surface area contributed by atoms with Crippen LogP contribution in [0.2, 0.25) is 0 Å². The Labute approximate surface area is 154 Å². The summed E-state index contributed by atoms with van der Waals surface area (Å²) >= 11 is 0. The lowest BCUT2D eigenvalue weighted by atomic mass is 10.1. The summed E-state index contributed by atoms with van der Waals surface area (Å²) in [5.74, 6) is 1.88. The number of nitrogens with one attached hydrogen (secondary N) is 1. The second-order valence-corrected chi connectivity index (χ2v) is 5.86. The lowest BCUT2D eigenvalue weighted by Crippen LogP contribution is -2.33. The minimum atomic E-state index is 0.0649. The van der Waals surface area contributed by atoms with Crippen molar-refractivity contribution in [1.82, 2.24) is 5.32 Å². The summed E-state index contributed by atoms with van der Waals surface area (Å²) in [6.45, 7) is 1.37. The quantitative estimate of drug-likeness (QED) is 0.471. The molecule has 0 bridgehead atoms. The molecular formula is C20H27N3O3. The highest BCUT2D eigenvalue weighted by Gasteiger charge is 2.04. The average Bonchev–Trinajstić information content (AvgIpc) is 2.68. The third kappa shape index (κ3) is 5.97. The van der Waals surface area contributed by atoms with Gasteiger partial charge >= 0.3 is 0 Å². The maximum Gasteiger partial charge on any atom is 0.188 e. The topological polar surface area (TPSA) is 89.1 Å². The standard InChI is InChI=1S/C20H27N3O3/c1-25-18-8-7-16(13-19(18)26-2)10-12-23-20(21)22-11-9-15-3-5-17(14-24)6-4-15/h3-8,13,24H,9-12,14H2,1-2H3,(H3,21,22,23). The van der Waals surface area contributed by atoms with E-state index in [1.54, 1.807) is 14.2 Å². The van der Waals surface area contributed by atoms with E-state index in [-0.39, 0.29) is 6.61 Å². The maximum atomic E-state index is 9.04. The molecule has 0 fully saturated rings. The van der Waals surface area contributed by atoms with Crippen LogP contribution in [0.3, 0.4) is 0 Å². The summed E-state index contributed by atoms with van der Waals surface area (Å²) in [5.41, 5.74) is 9.12. The Kier molecular flexibility index (Phi) is 7.76. The largest absolute Gasteiger partial charge is 0.493 e. The molecule has 0 aliphatic rings. The number of nitrogens with zero attached hydrogens (tertiary/aromatic N) is 1. The first kappa shape index (κ1) is 19.6. The molecule has 2 rings (SSSR count). The van der Waals surface area contributed by atoms with Crippen molar-refractivity contribution in [3.63, 3.8) is 0 Å². The van der Waals surface area contributed by atoms with E-state index in [1.165, 1.54) is 5.56 Å². The van der Waals surface area contributed by atoms with Gasteiger partial charge in [-0.15, -0.1) is 0 Å². The van der Waals surface area contributed by atoms with Crippen LogP contribution in [0.4, 0.5) is 0 Å². The molecule has 6 nitrogen and oxygen atoms in total. The van der Waals surface area contributed by atoms with Gasteiger partial charge in [0.25, 0.3) is 0 Å². The number of methoxy groups -OCH3 is 2. The number of aliphatic hydroxyl groups is 1. The second-order valence-electron chi connectivity index (χ2n) is 5.86. The highest BCUT2D eigenvalue weighted by Crippen LogP contribution is 2.27. The van der Waals surface area contributed by atoms with E-state index in [9.17, 15) is 0 Å². The van der Waals surface area contributed by atoms with Crippen molar-refractivity contribution >= 4 is 5.96 Å². The molecule has 0 aromatic heterocycles. The maximum absolute atomic E-state index is 9.04. The van der Waals surface area contributed by atoms with E-state index >= 15 is 0 Å². The number of hydrogen-bond donors (Lipinski definition) is 3. The Bertz CT molecular complexity index is 715. The number of aliphatic imine (C=N–C) groups is 1. The van der Waals surface area contributed by atoms with Crippen LogP contribution < -0.4 is 20.5 Å². The van der Waals surface area contributed by atoms with Crippen molar-refractivity contribution in [3.05, 3.63) is 59.2 Å². The summed E-state index contributed by atoms with van der Waals surface area (Å²) in [4.78, 5) is 4.34. The Morgan fingerprint density at radius 1 is 0.962 bits per heavy atom. The monoisotopic (exact) mass is 357 g/mol. The Balaban J connectivity index is 1.75. The highest BCUT2D eigenvalue weighted by atomic mass is 16.5. The smallest absolute Gasteiger partial charge is 0.188 e. The molecule has 4 N–H and O–H groups in total. The van der Waals surface area contributed by atoms with Crippen molar-refractivity contribution in [2.24, 2.45) is 10.7 Å². The molecule has 0 atom stereocenters. The molecule has 2 aromatic rings. The summed E-state index contributed by atoms with van der Waals surface area (Å²) < 4.78 is 10.5. The number of nitrogens with two attached hydrogens (primary N) is 1. The molecular weight excluding hydrogens is 330 g/mol. The Hall–Kier alpha value is -2.73. The van der Waals surface area contributed by atoms with Crippen molar-refractivity contribution in [2.75, 3.05) is 27.3 Å². The van der Waals surface area contributed by atoms with Crippen LogP contribution in [0.5, 0.6) is 11.5 Å². The minimum absolute atomic E-state index is 0.0649. The van der Waals surface area contributed by atoms with E-state index in [2.05, 4.69) is 10.3 Å². The summed E-state index contributed by atoms with van der Waals surface area (Å²) in [7, 11) is 3.25. The summed E-state index contributed by atoms with van der Waals surface area (Å²) in [5, 5.41) is 12.2. The first-order chi connectivity index (χ1) is 12.7. The van der Waals surface area contributed by atoms with E-state index in [0.717, 1.165) is 35.5 Å². The molecule has 0 heterocycles. The van der Waals surface area contributed by atoms with Gasteiger partial charge in [-0.1, -0.05) is 30.3 Å². The van der Waals surface area contributed by atoms with E-state index in [4.69, 9.17) is 20.3 Å². The Morgan fingerprint density at radius 3 is 2.27 bits per heavy atom. The molecule has 0 unspecified atom stereocenters. The van der Waals surface area contributed by atoms with Crippen LogP contribution in [0.15, 0.2) is 47.5 Å². The van der Waals surface area contributed by atoms with Crippen LogP contribution in [-0.2, 0) is 19.4 Å². The third-order valence-corrected chi connectivity index (χ3v) is 4.06. The van der Waals surface area contributed by atoms with Crippen molar-refractivity contribution in [2.45, 2.75) is 19.4 Å². The average molecular weight is 357 g/mol. The molecule has 0 aliphatic heterocycles. The number of guanidine groups is 1. The molecule has 0 saturated heterocycles. The predicted octanol–water partition coefficient (Wildman–Crippen LogP) is 1.89. The SMILES string of the molecule is COc1ccc(CCNC(N)=NCCc2ccc(CO)cc2)cc1OC. The van der Waals surface area contributed by atoms with Crippen LogP contribution >= 0.6 is 0 Å². The van der Waals surface area contributed by atoms with Gasteiger partial charge in [-0.2, -0.15) is 0 Å². The number of benzene rings is 2. The molecule has 26 heavy (non-hydrogen) atoms. The van der Waals surface area contributed by atoms with Gasteiger partial charge in [0.1, 0.15) is 0 Å². The van der Waals surface area contributed by atoms with Crippen LogP contribution in [0.25, 0.3) is 0 Å². The number of ether oxygens (including phenoxy) is 2. The van der Waals surface area contributed by atoms with Crippen molar-refractivity contribution in [1.29, 1.82) is 0 Å².